The molecule has 2 aromatic carbocycles. The molecule has 2 aromatic rings. The quantitative estimate of drug-likeness (QED) is 0.572. The van der Waals surface area contributed by atoms with Crippen LogP contribution in [0.5, 0.6) is 0 Å². The van der Waals surface area contributed by atoms with Gasteiger partial charge >= 0.3 is 0 Å². The lowest BCUT2D eigenvalue weighted by Crippen LogP contribution is -2.28. The second-order valence-corrected chi connectivity index (χ2v) is 10.9. The predicted molar refractivity (Wildman–Crippen MR) is 118 cm³/mol. The lowest BCUT2D eigenvalue weighted by atomic mass is 10.3. The number of nitrogens with zero attached hydrogens (tertiary/aromatic N) is 1. The molecular weight excluding hydrogens is 426 g/mol. The van der Waals surface area contributed by atoms with Crippen LogP contribution in [0.15, 0.2) is 58.3 Å². The van der Waals surface area contributed by atoms with Crippen LogP contribution in [0.1, 0.15) is 19.8 Å². The molecule has 2 N–H and O–H groups in total. The summed E-state index contributed by atoms with van der Waals surface area (Å²) in [6.45, 7) is 2.34. The maximum atomic E-state index is 12.5. The summed E-state index contributed by atoms with van der Waals surface area (Å²) in [4.78, 5) is 12.4. The first kappa shape index (κ1) is 23.8. The van der Waals surface area contributed by atoms with Gasteiger partial charge in [-0.1, -0.05) is 25.5 Å². The molecule has 0 saturated carbocycles. The topological polar surface area (TPSA) is 113 Å². The monoisotopic (exact) mass is 453 g/mol. The number of sulfone groups is 1. The third-order valence-electron chi connectivity index (χ3n) is 4.40. The molecule has 8 nitrogen and oxygen atoms in total. The highest BCUT2D eigenvalue weighted by molar-refractivity contribution is 7.91. The molecule has 0 saturated heterocycles. The normalized spacial score (nSPS) is 12.0. The Hall–Kier alpha value is -2.43. The Balaban J connectivity index is 2.00. The number of amides is 1. The zero-order valence-corrected chi connectivity index (χ0v) is 18.9. The predicted octanol–water partition coefficient (Wildman–Crippen LogP) is 2.56. The largest absolute Gasteiger partial charge is 0.376 e. The minimum Gasteiger partial charge on any atom is -0.376 e. The summed E-state index contributed by atoms with van der Waals surface area (Å²) in [5, 5.41) is 5.47. The first-order valence-corrected chi connectivity index (χ1v) is 12.8. The highest BCUT2D eigenvalue weighted by Gasteiger charge is 2.20. The highest BCUT2D eigenvalue weighted by Crippen LogP contribution is 2.21. The van der Waals surface area contributed by atoms with Gasteiger partial charge in [-0.2, -0.15) is 0 Å². The van der Waals surface area contributed by atoms with Crippen LogP contribution in [0.4, 0.5) is 11.4 Å². The molecule has 0 atom stereocenters. The zero-order chi connectivity index (χ0) is 22.4. The van der Waals surface area contributed by atoms with Gasteiger partial charge in [0, 0.05) is 25.5 Å². The van der Waals surface area contributed by atoms with Crippen molar-refractivity contribution in [2.75, 3.05) is 37.0 Å². The van der Waals surface area contributed by atoms with E-state index in [9.17, 15) is 21.6 Å². The molecule has 0 fully saturated rings. The zero-order valence-electron chi connectivity index (χ0n) is 17.3. The second kappa shape index (κ2) is 10.1. The molecule has 0 bridgehead atoms. The Morgan fingerprint density at radius 1 is 1.00 bits per heavy atom. The average Bonchev–Trinajstić information content (AvgIpc) is 2.70. The Labute approximate surface area is 178 Å². The number of carbonyl (C=O) groups excluding carboxylic acids is 1. The van der Waals surface area contributed by atoms with Crippen molar-refractivity contribution in [3.8, 4) is 0 Å². The van der Waals surface area contributed by atoms with Crippen molar-refractivity contribution in [1.82, 2.24) is 4.31 Å². The van der Waals surface area contributed by atoms with Gasteiger partial charge in [0.25, 0.3) is 0 Å². The van der Waals surface area contributed by atoms with Crippen LogP contribution < -0.4 is 10.6 Å². The number of hydrogen-bond donors (Lipinski definition) is 2. The molecule has 30 heavy (non-hydrogen) atoms. The lowest BCUT2D eigenvalue weighted by Gasteiger charge is -2.17. The number of sulfonamides is 1. The molecular formula is C20H27N3O5S2. The number of anilines is 2. The summed E-state index contributed by atoms with van der Waals surface area (Å²) in [7, 11) is -5.47. The van der Waals surface area contributed by atoms with Gasteiger partial charge in [0.05, 0.1) is 22.0 Å². The summed E-state index contributed by atoms with van der Waals surface area (Å²) < 4.78 is 50.0. The van der Waals surface area contributed by atoms with Crippen LogP contribution in [0, 0.1) is 0 Å². The SMILES string of the molecule is CCCCN(C)S(=O)(=O)c1ccc(NCC(=O)Nc2ccccc2S(C)(=O)=O)cc1. The maximum Gasteiger partial charge on any atom is 0.243 e. The Bertz CT molecular complexity index is 1080. The van der Waals surface area contributed by atoms with Gasteiger partial charge in [-0.25, -0.2) is 21.1 Å². The fourth-order valence-electron chi connectivity index (χ4n) is 2.70. The van der Waals surface area contributed by atoms with Gasteiger partial charge in [0.2, 0.25) is 15.9 Å². The van der Waals surface area contributed by atoms with Crippen molar-refractivity contribution in [2.45, 2.75) is 29.6 Å². The molecule has 0 aromatic heterocycles. The van der Waals surface area contributed by atoms with Crippen molar-refractivity contribution in [1.29, 1.82) is 0 Å². The molecule has 10 heteroatoms. The van der Waals surface area contributed by atoms with Crippen LogP contribution in [0.2, 0.25) is 0 Å². The van der Waals surface area contributed by atoms with E-state index in [1.54, 1.807) is 31.3 Å². The standard InChI is InChI=1S/C20H27N3O5S2/c1-4-5-14-23(2)30(27,28)17-12-10-16(11-13-17)21-15-20(24)22-18-8-6-7-9-19(18)29(3,25)26/h6-13,21H,4-5,14-15H2,1-3H3,(H,22,24). The van der Waals surface area contributed by atoms with Crippen LogP contribution in [-0.4, -0.2) is 53.4 Å². The number of unbranched alkanes of at least 4 members (excludes halogenated alkanes) is 1. The number of para-hydroxylation sites is 1. The van der Waals surface area contributed by atoms with E-state index >= 15 is 0 Å². The van der Waals surface area contributed by atoms with Crippen molar-refractivity contribution in [2.24, 2.45) is 0 Å². The van der Waals surface area contributed by atoms with Crippen LogP contribution in [-0.2, 0) is 24.7 Å². The van der Waals surface area contributed by atoms with Crippen LogP contribution in [0.25, 0.3) is 0 Å². The van der Waals surface area contributed by atoms with Gasteiger partial charge in [0.15, 0.2) is 9.84 Å². The van der Waals surface area contributed by atoms with E-state index in [2.05, 4.69) is 10.6 Å². The molecule has 164 valence electrons. The number of carbonyl (C=O) groups is 1. The van der Waals surface area contributed by atoms with Gasteiger partial charge in [-0.05, 0) is 42.8 Å². The molecule has 0 aliphatic rings. The van der Waals surface area contributed by atoms with E-state index < -0.39 is 25.8 Å². The number of nitrogens with one attached hydrogen (secondary N) is 2. The molecule has 0 heterocycles. The second-order valence-electron chi connectivity index (χ2n) is 6.87. The molecule has 1 amide bonds. The Morgan fingerprint density at radius 2 is 1.63 bits per heavy atom. The summed E-state index contributed by atoms with van der Waals surface area (Å²) in [5.41, 5.74) is 0.778. The van der Waals surface area contributed by atoms with Crippen molar-refractivity contribution in [3.63, 3.8) is 0 Å². The fraction of sp³-hybridized carbons (Fsp3) is 0.350. The first-order chi connectivity index (χ1) is 14.1. The van der Waals surface area contributed by atoms with Gasteiger partial charge in [0.1, 0.15) is 0 Å². The smallest absolute Gasteiger partial charge is 0.243 e. The van der Waals surface area contributed by atoms with Crippen molar-refractivity contribution in [3.05, 3.63) is 48.5 Å². The van der Waals surface area contributed by atoms with E-state index in [4.69, 9.17) is 0 Å². The molecule has 0 spiro atoms. The number of hydrogen-bond acceptors (Lipinski definition) is 6. The highest BCUT2D eigenvalue weighted by atomic mass is 32.2. The van der Waals surface area contributed by atoms with Gasteiger partial charge in [-0.15, -0.1) is 0 Å². The van der Waals surface area contributed by atoms with Gasteiger partial charge < -0.3 is 10.6 Å². The minimum absolute atomic E-state index is 0.0418. The third-order valence-corrected chi connectivity index (χ3v) is 7.43. The molecule has 2 rings (SSSR count). The minimum atomic E-state index is -3.55. The van der Waals surface area contributed by atoms with E-state index in [0.717, 1.165) is 19.1 Å². The summed E-state index contributed by atoms with van der Waals surface area (Å²) >= 11 is 0. The maximum absolute atomic E-state index is 12.5. The van der Waals surface area contributed by atoms with Gasteiger partial charge in [-0.3, -0.25) is 4.79 Å². The molecule has 0 radical (unpaired) electrons. The van der Waals surface area contributed by atoms with E-state index in [1.165, 1.54) is 28.6 Å². The van der Waals surface area contributed by atoms with E-state index in [0.29, 0.717) is 12.2 Å². The number of rotatable bonds is 10. The van der Waals surface area contributed by atoms with Crippen molar-refractivity contribution >= 4 is 37.1 Å². The molecule has 0 aliphatic carbocycles. The summed E-state index contributed by atoms with van der Waals surface area (Å²) in [6, 6.07) is 12.3. The average molecular weight is 454 g/mol. The Kier molecular flexibility index (Phi) is 7.99. The molecule has 0 aliphatic heterocycles. The van der Waals surface area contributed by atoms with E-state index in [1.807, 2.05) is 6.92 Å². The summed E-state index contributed by atoms with van der Waals surface area (Å²) in [5.74, 6) is -0.429. The van der Waals surface area contributed by atoms with Crippen LogP contribution >= 0.6 is 0 Å². The lowest BCUT2D eigenvalue weighted by molar-refractivity contribution is -0.114. The van der Waals surface area contributed by atoms with Crippen LogP contribution in [0.3, 0.4) is 0 Å². The van der Waals surface area contributed by atoms with E-state index in [-0.39, 0.29) is 22.0 Å². The third kappa shape index (κ3) is 6.28. The van der Waals surface area contributed by atoms with Crippen molar-refractivity contribution < 1.29 is 21.6 Å². The molecule has 0 unspecified atom stereocenters. The fourth-order valence-corrected chi connectivity index (χ4v) is 4.75. The first-order valence-electron chi connectivity index (χ1n) is 9.45. The number of benzene rings is 2. The Morgan fingerprint density at radius 3 is 2.23 bits per heavy atom. The summed E-state index contributed by atoms with van der Waals surface area (Å²) in [6.07, 6.45) is 2.76.